The predicted octanol–water partition coefficient (Wildman–Crippen LogP) is 5.40. The van der Waals surface area contributed by atoms with Crippen molar-refractivity contribution >= 4 is 39.1 Å². The number of nitrogens with zero attached hydrogens (tertiary/aromatic N) is 2. The lowest BCUT2D eigenvalue weighted by Crippen LogP contribution is -2.52. The molecule has 3 aromatic carbocycles. The highest BCUT2D eigenvalue weighted by molar-refractivity contribution is 7.92. The number of carbonyl (C=O) groups excluding carboxylic acids is 2. The molecule has 3 aromatic rings. The number of aryl methyl sites for hydroxylation is 3. The van der Waals surface area contributed by atoms with E-state index >= 15 is 0 Å². The number of anilines is 1. The Morgan fingerprint density at radius 1 is 0.897 bits per heavy atom. The van der Waals surface area contributed by atoms with Crippen LogP contribution in [0.3, 0.4) is 0 Å². The van der Waals surface area contributed by atoms with Gasteiger partial charge >= 0.3 is 0 Å². The lowest BCUT2D eigenvalue weighted by molar-refractivity contribution is -0.140. The number of carbonyl (C=O) groups is 2. The smallest absolute Gasteiger partial charge is 0.264 e. The maximum Gasteiger partial charge on any atom is 0.264 e. The fourth-order valence-electron chi connectivity index (χ4n) is 4.43. The Morgan fingerprint density at radius 3 is 2.08 bits per heavy atom. The number of hydrogen-bond acceptors (Lipinski definition) is 4. The second kappa shape index (κ2) is 13.1. The summed E-state index contributed by atoms with van der Waals surface area (Å²) >= 11 is 6.05. The monoisotopic (exact) mass is 569 g/mol. The van der Waals surface area contributed by atoms with Crippen molar-refractivity contribution < 1.29 is 18.0 Å². The zero-order valence-corrected chi connectivity index (χ0v) is 24.6. The van der Waals surface area contributed by atoms with Gasteiger partial charge < -0.3 is 10.2 Å². The first kappa shape index (κ1) is 30.2. The second-order valence-corrected chi connectivity index (χ2v) is 11.9. The van der Waals surface area contributed by atoms with E-state index in [1.54, 1.807) is 54.6 Å². The van der Waals surface area contributed by atoms with E-state index < -0.39 is 28.5 Å². The summed E-state index contributed by atoms with van der Waals surface area (Å²) in [5.41, 5.74) is 3.80. The number of rotatable bonds is 11. The molecule has 7 nitrogen and oxygen atoms in total. The predicted molar refractivity (Wildman–Crippen MR) is 156 cm³/mol. The number of hydrogen-bond donors (Lipinski definition) is 1. The molecule has 0 saturated heterocycles. The molecule has 0 fully saturated rings. The van der Waals surface area contributed by atoms with Gasteiger partial charge in [-0.2, -0.15) is 0 Å². The van der Waals surface area contributed by atoms with E-state index in [0.717, 1.165) is 26.6 Å². The van der Waals surface area contributed by atoms with Crippen LogP contribution in [0.5, 0.6) is 0 Å². The van der Waals surface area contributed by atoms with Crippen molar-refractivity contribution in [1.82, 2.24) is 10.2 Å². The summed E-state index contributed by atoms with van der Waals surface area (Å²) in [6.07, 6.45) is 0.361. The molecular formula is C30H36ClN3O4S. The quantitative estimate of drug-likeness (QED) is 0.335. The fourth-order valence-corrected chi connectivity index (χ4v) is 6.04. The van der Waals surface area contributed by atoms with E-state index in [1.165, 1.54) is 4.90 Å². The van der Waals surface area contributed by atoms with Crippen LogP contribution in [-0.2, 0) is 26.2 Å². The molecule has 3 rings (SSSR count). The number of likely N-dealkylation sites (N-methyl/N-ethyl adjacent to an activating group) is 1. The minimum absolute atomic E-state index is 0.0842. The Morgan fingerprint density at radius 2 is 1.51 bits per heavy atom. The van der Waals surface area contributed by atoms with Crippen molar-refractivity contribution in [1.29, 1.82) is 0 Å². The van der Waals surface area contributed by atoms with Gasteiger partial charge in [-0.05, 0) is 75.6 Å². The maximum absolute atomic E-state index is 14.0. The second-order valence-electron chi connectivity index (χ2n) is 9.58. The average Bonchev–Trinajstić information content (AvgIpc) is 2.89. The molecule has 1 N–H and O–H groups in total. The summed E-state index contributed by atoms with van der Waals surface area (Å²) in [6.45, 7) is 9.32. The first-order valence-corrected chi connectivity index (χ1v) is 14.8. The standard InChI is InChI=1S/C30H36ClN3O4S/c1-6-27(30(36)32-7-2)33(19-24-11-13-25(31)14-12-24)29(35)20-34(28-17-10-22(4)18-23(28)5)39(37,38)26-15-8-21(3)9-16-26/h8-18,27H,6-7,19-20H2,1-5H3,(H,32,36). The molecule has 0 aromatic heterocycles. The summed E-state index contributed by atoms with van der Waals surface area (Å²) in [5.74, 6) is -0.777. The topological polar surface area (TPSA) is 86.8 Å². The first-order chi connectivity index (χ1) is 18.5. The van der Waals surface area contributed by atoms with Gasteiger partial charge in [0.2, 0.25) is 11.8 Å². The van der Waals surface area contributed by atoms with E-state index in [1.807, 2.05) is 46.8 Å². The summed E-state index contributed by atoms with van der Waals surface area (Å²) in [5, 5.41) is 3.36. The van der Waals surface area contributed by atoms with E-state index in [4.69, 9.17) is 11.6 Å². The highest BCUT2D eigenvalue weighted by Crippen LogP contribution is 2.28. The molecule has 2 amide bonds. The van der Waals surface area contributed by atoms with Gasteiger partial charge in [-0.25, -0.2) is 8.42 Å². The summed E-state index contributed by atoms with van der Waals surface area (Å²) in [7, 11) is -4.11. The minimum Gasteiger partial charge on any atom is -0.355 e. The Kier molecular flexibility index (Phi) is 10.2. The summed E-state index contributed by atoms with van der Waals surface area (Å²) < 4.78 is 29.1. The van der Waals surface area contributed by atoms with Crippen molar-refractivity contribution in [2.24, 2.45) is 0 Å². The van der Waals surface area contributed by atoms with Gasteiger partial charge in [-0.3, -0.25) is 13.9 Å². The van der Waals surface area contributed by atoms with E-state index in [9.17, 15) is 18.0 Å². The molecule has 0 radical (unpaired) electrons. The lowest BCUT2D eigenvalue weighted by Gasteiger charge is -2.33. The Labute approximate surface area is 236 Å². The molecule has 1 unspecified atom stereocenters. The highest BCUT2D eigenvalue weighted by Gasteiger charge is 2.34. The minimum atomic E-state index is -4.11. The van der Waals surface area contributed by atoms with Gasteiger partial charge in [0.05, 0.1) is 10.6 Å². The molecular weight excluding hydrogens is 534 g/mol. The van der Waals surface area contributed by atoms with Crippen molar-refractivity contribution in [3.05, 3.63) is 94.0 Å². The van der Waals surface area contributed by atoms with Crippen LogP contribution in [0.1, 0.15) is 42.5 Å². The van der Waals surface area contributed by atoms with E-state index in [2.05, 4.69) is 5.32 Å². The SMILES string of the molecule is CCNC(=O)C(CC)N(Cc1ccc(Cl)cc1)C(=O)CN(c1ccc(C)cc1C)S(=O)(=O)c1ccc(C)cc1. The number of nitrogens with one attached hydrogen (secondary N) is 1. The third-order valence-corrected chi connectivity index (χ3v) is 8.54. The lowest BCUT2D eigenvalue weighted by atomic mass is 10.1. The van der Waals surface area contributed by atoms with Crippen LogP contribution in [0, 0.1) is 20.8 Å². The van der Waals surface area contributed by atoms with Crippen LogP contribution < -0.4 is 9.62 Å². The third kappa shape index (κ3) is 7.40. The van der Waals surface area contributed by atoms with Crippen molar-refractivity contribution in [2.45, 2.75) is 58.5 Å². The number of halogens is 1. The number of amides is 2. The third-order valence-electron chi connectivity index (χ3n) is 6.51. The van der Waals surface area contributed by atoms with Crippen LogP contribution in [0.25, 0.3) is 0 Å². The normalized spacial score (nSPS) is 12.1. The van der Waals surface area contributed by atoms with Gasteiger partial charge in [0.1, 0.15) is 12.6 Å². The van der Waals surface area contributed by atoms with Gasteiger partial charge in [0.15, 0.2) is 0 Å². The largest absolute Gasteiger partial charge is 0.355 e. The zero-order chi connectivity index (χ0) is 28.7. The molecule has 0 spiro atoms. The van der Waals surface area contributed by atoms with E-state index in [0.29, 0.717) is 23.7 Å². The molecule has 208 valence electrons. The molecule has 9 heteroatoms. The summed E-state index contributed by atoms with van der Waals surface area (Å²) in [4.78, 5) is 28.6. The molecule has 0 aliphatic heterocycles. The van der Waals surface area contributed by atoms with Crippen molar-refractivity contribution in [3.8, 4) is 0 Å². The summed E-state index contributed by atoms with van der Waals surface area (Å²) in [6, 6.07) is 18.2. The fraction of sp³-hybridized carbons (Fsp3) is 0.333. The zero-order valence-electron chi connectivity index (χ0n) is 23.1. The van der Waals surface area contributed by atoms with Crippen molar-refractivity contribution in [2.75, 3.05) is 17.4 Å². The molecule has 0 bridgehead atoms. The molecule has 0 aliphatic rings. The molecule has 0 heterocycles. The molecule has 0 aliphatic carbocycles. The van der Waals surface area contributed by atoms with Crippen LogP contribution >= 0.6 is 11.6 Å². The Balaban J connectivity index is 2.09. The van der Waals surface area contributed by atoms with Gasteiger partial charge in [-0.1, -0.05) is 66.0 Å². The first-order valence-electron chi connectivity index (χ1n) is 13.0. The molecule has 39 heavy (non-hydrogen) atoms. The Bertz CT molecular complexity index is 1410. The maximum atomic E-state index is 14.0. The number of benzene rings is 3. The van der Waals surface area contributed by atoms with Crippen LogP contribution in [0.4, 0.5) is 5.69 Å². The Hall–Kier alpha value is -3.36. The van der Waals surface area contributed by atoms with Crippen LogP contribution in [0.15, 0.2) is 71.6 Å². The van der Waals surface area contributed by atoms with Crippen LogP contribution in [-0.4, -0.2) is 44.3 Å². The van der Waals surface area contributed by atoms with Gasteiger partial charge in [0, 0.05) is 18.1 Å². The van der Waals surface area contributed by atoms with Crippen LogP contribution in [0.2, 0.25) is 5.02 Å². The van der Waals surface area contributed by atoms with Crippen molar-refractivity contribution in [3.63, 3.8) is 0 Å². The van der Waals surface area contributed by atoms with E-state index in [-0.39, 0.29) is 17.3 Å². The average molecular weight is 570 g/mol. The molecule has 0 saturated carbocycles. The molecule has 1 atom stereocenters. The van der Waals surface area contributed by atoms with Gasteiger partial charge in [-0.15, -0.1) is 0 Å². The highest BCUT2D eigenvalue weighted by atomic mass is 35.5. The number of sulfonamides is 1. The van der Waals surface area contributed by atoms with Gasteiger partial charge in [0.25, 0.3) is 10.0 Å².